The first-order chi connectivity index (χ1) is 13.7. The molecule has 0 aliphatic heterocycles. The van der Waals surface area contributed by atoms with Gasteiger partial charge in [0.25, 0.3) is 5.91 Å². The number of fused-ring (bicyclic) bond motifs is 1. The molecule has 3 aromatic rings. The molecule has 1 aliphatic carbocycles. The summed E-state index contributed by atoms with van der Waals surface area (Å²) >= 11 is 0. The van der Waals surface area contributed by atoms with E-state index in [1.54, 1.807) is 10.9 Å². The van der Waals surface area contributed by atoms with Crippen LogP contribution < -0.4 is 5.32 Å². The molecule has 1 N–H and O–H groups in total. The van der Waals surface area contributed by atoms with Crippen LogP contribution in [0.15, 0.2) is 36.5 Å². The van der Waals surface area contributed by atoms with Crippen LogP contribution >= 0.6 is 0 Å². The molecule has 5 nitrogen and oxygen atoms in total. The van der Waals surface area contributed by atoms with Crippen LogP contribution in [0.3, 0.4) is 0 Å². The lowest BCUT2D eigenvalue weighted by Gasteiger charge is -2.11. The first-order valence-corrected chi connectivity index (χ1v) is 9.56. The van der Waals surface area contributed by atoms with Crippen molar-refractivity contribution in [3.8, 4) is 0 Å². The summed E-state index contributed by atoms with van der Waals surface area (Å²) in [6.07, 6.45) is -0.617. The zero-order valence-corrected chi connectivity index (χ0v) is 16.1. The van der Waals surface area contributed by atoms with Crippen LogP contribution in [0.1, 0.15) is 65.8 Å². The number of carbonyl (C=O) groups excluding carboxylic acids is 1. The number of pyridine rings is 1. The van der Waals surface area contributed by atoms with Crippen molar-refractivity contribution in [2.24, 2.45) is 0 Å². The van der Waals surface area contributed by atoms with E-state index >= 15 is 0 Å². The number of benzene rings is 1. The van der Waals surface area contributed by atoms with Gasteiger partial charge in [0.2, 0.25) is 0 Å². The number of aromatic nitrogens is 3. The van der Waals surface area contributed by atoms with Gasteiger partial charge in [-0.25, -0.2) is 9.67 Å². The topological polar surface area (TPSA) is 59.8 Å². The maximum Gasteiger partial charge on any atom is 0.416 e. The number of hydrogen-bond donors (Lipinski definition) is 1. The third-order valence-electron chi connectivity index (χ3n) is 5.05. The van der Waals surface area contributed by atoms with Crippen molar-refractivity contribution in [2.75, 3.05) is 0 Å². The maximum atomic E-state index is 12.9. The number of amides is 1. The molecule has 0 spiro atoms. The average molecular weight is 402 g/mol. The molecule has 0 unspecified atom stereocenters. The molecule has 0 bridgehead atoms. The number of alkyl halides is 3. The Balaban J connectivity index is 1.58. The maximum absolute atomic E-state index is 12.9. The summed E-state index contributed by atoms with van der Waals surface area (Å²) in [5, 5.41) is 7.86. The van der Waals surface area contributed by atoms with E-state index in [-0.39, 0.29) is 18.5 Å². The molecule has 152 valence electrons. The molecule has 8 heteroatoms. The largest absolute Gasteiger partial charge is 0.416 e. The normalized spacial score (nSPS) is 14.6. The van der Waals surface area contributed by atoms with Crippen molar-refractivity contribution < 1.29 is 18.0 Å². The standard InChI is InChI=1S/C21H21F3N4O/c1-12(2)28-19-17(11-26-28)16(9-18(27-19)14-5-6-14)20(29)25-10-13-3-7-15(8-4-13)21(22,23)24/h3-4,7-9,11-12,14H,5-6,10H2,1-2H3,(H,25,29). The quantitative estimate of drug-likeness (QED) is 0.664. The Kier molecular flexibility index (Phi) is 4.80. The summed E-state index contributed by atoms with van der Waals surface area (Å²) in [4.78, 5) is 17.6. The van der Waals surface area contributed by atoms with E-state index in [4.69, 9.17) is 4.98 Å². The smallest absolute Gasteiger partial charge is 0.348 e. The van der Waals surface area contributed by atoms with Gasteiger partial charge < -0.3 is 5.32 Å². The Bertz CT molecular complexity index is 1050. The minimum Gasteiger partial charge on any atom is -0.348 e. The molecular formula is C21H21F3N4O. The molecular weight excluding hydrogens is 381 g/mol. The molecule has 1 aromatic carbocycles. The second-order valence-corrected chi connectivity index (χ2v) is 7.67. The average Bonchev–Trinajstić information content (AvgIpc) is 3.43. The summed E-state index contributed by atoms with van der Waals surface area (Å²) < 4.78 is 39.9. The minimum atomic E-state index is -4.37. The highest BCUT2D eigenvalue weighted by Crippen LogP contribution is 2.40. The lowest BCUT2D eigenvalue weighted by Crippen LogP contribution is -2.23. The molecule has 1 fully saturated rings. The number of carbonyl (C=O) groups is 1. The lowest BCUT2D eigenvalue weighted by atomic mass is 10.1. The van der Waals surface area contributed by atoms with E-state index in [1.807, 2.05) is 19.9 Å². The van der Waals surface area contributed by atoms with Crippen LogP contribution in [0.4, 0.5) is 13.2 Å². The van der Waals surface area contributed by atoms with E-state index in [0.717, 1.165) is 30.7 Å². The SMILES string of the molecule is CC(C)n1ncc2c(C(=O)NCc3ccc(C(F)(F)F)cc3)cc(C3CC3)nc21. The third-order valence-corrected chi connectivity index (χ3v) is 5.05. The summed E-state index contributed by atoms with van der Waals surface area (Å²) in [6, 6.07) is 6.70. The predicted molar refractivity (Wildman–Crippen MR) is 103 cm³/mol. The van der Waals surface area contributed by atoms with Gasteiger partial charge in [0.15, 0.2) is 5.65 Å². The van der Waals surface area contributed by atoms with Crippen LogP contribution in [0, 0.1) is 0 Å². The number of nitrogens with zero attached hydrogens (tertiary/aromatic N) is 3. The number of halogens is 3. The van der Waals surface area contributed by atoms with Crippen LogP contribution in [-0.4, -0.2) is 20.7 Å². The number of hydrogen-bond acceptors (Lipinski definition) is 3. The first-order valence-electron chi connectivity index (χ1n) is 9.56. The lowest BCUT2D eigenvalue weighted by molar-refractivity contribution is -0.137. The van der Waals surface area contributed by atoms with Gasteiger partial charge in [0, 0.05) is 24.2 Å². The molecule has 2 heterocycles. The van der Waals surface area contributed by atoms with Crippen molar-refractivity contribution >= 4 is 16.9 Å². The molecule has 1 amide bonds. The van der Waals surface area contributed by atoms with Gasteiger partial charge in [-0.15, -0.1) is 0 Å². The molecule has 1 aliphatic rings. The van der Waals surface area contributed by atoms with Gasteiger partial charge in [0.1, 0.15) is 0 Å². The fourth-order valence-electron chi connectivity index (χ4n) is 3.28. The Morgan fingerprint density at radius 2 is 1.93 bits per heavy atom. The Labute approximate surface area is 165 Å². The molecule has 4 rings (SSSR count). The van der Waals surface area contributed by atoms with Gasteiger partial charge >= 0.3 is 6.18 Å². The van der Waals surface area contributed by atoms with E-state index in [1.165, 1.54) is 12.1 Å². The van der Waals surface area contributed by atoms with Gasteiger partial charge in [-0.3, -0.25) is 4.79 Å². The van der Waals surface area contributed by atoms with E-state index < -0.39 is 11.7 Å². The fourth-order valence-corrected chi connectivity index (χ4v) is 3.28. The van der Waals surface area contributed by atoms with E-state index in [9.17, 15) is 18.0 Å². The van der Waals surface area contributed by atoms with Gasteiger partial charge in [0.05, 0.1) is 22.7 Å². The van der Waals surface area contributed by atoms with Gasteiger partial charge in [-0.05, 0) is 50.5 Å². The van der Waals surface area contributed by atoms with Crippen LogP contribution in [0.25, 0.3) is 11.0 Å². The minimum absolute atomic E-state index is 0.109. The highest BCUT2D eigenvalue weighted by atomic mass is 19.4. The zero-order chi connectivity index (χ0) is 20.8. The number of nitrogens with one attached hydrogen (secondary N) is 1. The molecule has 2 aromatic heterocycles. The molecule has 0 saturated heterocycles. The van der Waals surface area contributed by atoms with E-state index in [2.05, 4.69) is 10.4 Å². The Hall–Kier alpha value is -2.90. The molecule has 0 atom stereocenters. The monoisotopic (exact) mass is 402 g/mol. The van der Waals surface area contributed by atoms with Gasteiger partial charge in [-0.2, -0.15) is 18.3 Å². The second kappa shape index (κ2) is 7.17. The van der Waals surface area contributed by atoms with Crippen molar-refractivity contribution in [2.45, 2.75) is 51.4 Å². The summed E-state index contributed by atoms with van der Waals surface area (Å²) in [7, 11) is 0. The number of rotatable bonds is 5. The summed E-state index contributed by atoms with van der Waals surface area (Å²) in [5.74, 6) is 0.0823. The van der Waals surface area contributed by atoms with Crippen LogP contribution in [0.2, 0.25) is 0 Å². The van der Waals surface area contributed by atoms with Crippen molar-refractivity contribution in [1.82, 2.24) is 20.1 Å². The van der Waals surface area contributed by atoms with Gasteiger partial charge in [-0.1, -0.05) is 12.1 Å². The summed E-state index contributed by atoms with van der Waals surface area (Å²) in [5.41, 5.74) is 1.95. The second-order valence-electron chi connectivity index (χ2n) is 7.67. The fraction of sp³-hybridized carbons (Fsp3) is 0.381. The van der Waals surface area contributed by atoms with Crippen LogP contribution in [-0.2, 0) is 12.7 Å². The molecule has 1 saturated carbocycles. The predicted octanol–water partition coefficient (Wildman–Crippen LogP) is 4.84. The van der Waals surface area contributed by atoms with Crippen molar-refractivity contribution in [3.05, 3.63) is 58.9 Å². The highest BCUT2D eigenvalue weighted by Gasteiger charge is 2.30. The van der Waals surface area contributed by atoms with E-state index in [0.29, 0.717) is 28.1 Å². The molecule has 29 heavy (non-hydrogen) atoms. The van der Waals surface area contributed by atoms with Crippen molar-refractivity contribution in [3.63, 3.8) is 0 Å². The van der Waals surface area contributed by atoms with Crippen molar-refractivity contribution in [1.29, 1.82) is 0 Å². The third kappa shape index (κ3) is 3.97. The Morgan fingerprint density at radius 3 is 2.52 bits per heavy atom. The zero-order valence-electron chi connectivity index (χ0n) is 16.1. The highest BCUT2D eigenvalue weighted by molar-refractivity contribution is 6.05. The summed E-state index contributed by atoms with van der Waals surface area (Å²) in [6.45, 7) is 4.14. The molecule has 0 radical (unpaired) electrons. The van der Waals surface area contributed by atoms with Crippen LogP contribution in [0.5, 0.6) is 0 Å². The first kappa shape index (κ1) is 19.4. The Morgan fingerprint density at radius 1 is 1.24 bits per heavy atom.